The first-order valence-electron chi connectivity index (χ1n) is 7.58. The molecule has 0 saturated heterocycles. The summed E-state index contributed by atoms with van der Waals surface area (Å²) < 4.78 is 7.67. The molecule has 0 unspecified atom stereocenters. The predicted molar refractivity (Wildman–Crippen MR) is 95.4 cm³/mol. The smallest absolute Gasteiger partial charge is 0.224 e. The minimum absolute atomic E-state index is 0.101. The van der Waals surface area contributed by atoms with Crippen LogP contribution in [0.3, 0.4) is 0 Å². The van der Waals surface area contributed by atoms with Crippen LogP contribution in [0.15, 0.2) is 53.0 Å². The molecule has 128 valence electrons. The molecule has 0 fully saturated rings. The number of benzene rings is 2. The molecule has 1 heterocycles. The first-order valence-corrected chi connectivity index (χ1v) is 8.38. The normalized spacial score (nSPS) is 10.5. The van der Waals surface area contributed by atoms with E-state index in [2.05, 4.69) is 36.8 Å². The van der Waals surface area contributed by atoms with E-state index in [-0.39, 0.29) is 18.9 Å². The van der Waals surface area contributed by atoms with Crippen molar-refractivity contribution < 1.29 is 9.53 Å². The Labute approximate surface area is 153 Å². The summed E-state index contributed by atoms with van der Waals surface area (Å²) in [4.78, 5) is 12.1. The van der Waals surface area contributed by atoms with E-state index in [0.29, 0.717) is 5.82 Å². The van der Waals surface area contributed by atoms with Gasteiger partial charge in [0.25, 0.3) is 0 Å². The van der Waals surface area contributed by atoms with Gasteiger partial charge in [-0.25, -0.2) is 0 Å². The number of amides is 1. The molecule has 0 atom stereocenters. The largest absolute Gasteiger partial charge is 0.497 e. The molecule has 1 N–H and O–H groups in total. The van der Waals surface area contributed by atoms with Crippen LogP contribution >= 0.6 is 15.9 Å². The Kier molecular flexibility index (Phi) is 5.39. The number of halogens is 1. The lowest BCUT2D eigenvalue weighted by atomic mass is 10.1. The summed E-state index contributed by atoms with van der Waals surface area (Å²) >= 11 is 3.39. The lowest BCUT2D eigenvalue weighted by Crippen LogP contribution is -2.26. The molecule has 1 amide bonds. The predicted octanol–water partition coefficient (Wildman–Crippen LogP) is 2.29. The Balaban J connectivity index is 1.61. The summed E-state index contributed by atoms with van der Waals surface area (Å²) in [5.74, 6) is 1.22. The number of nitrogens with zero attached hydrogens (tertiary/aromatic N) is 4. The van der Waals surface area contributed by atoms with E-state index in [1.165, 1.54) is 0 Å². The highest BCUT2D eigenvalue weighted by Crippen LogP contribution is 2.14. The minimum atomic E-state index is -0.101. The van der Waals surface area contributed by atoms with Gasteiger partial charge in [0.2, 0.25) is 5.91 Å². The van der Waals surface area contributed by atoms with Crippen molar-refractivity contribution in [2.75, 3.05) is 7.11 Å². The summed E-state index contributed by atoms with van der Waals surface area (Å²) in [6.07, 6.45) is 0.282. The van der Waals surface area contributed by atoms with Gasteiger partial charge in [0.15, 0.2) is 5.82 Å². The number of rotatable bonds is 6. The van der Waals surface area contributed by atoms with Crippen molar-refractivity contribution in [3.05, 3.63) is 64.4 Å². The van der Waals surface area contributed by atoms with E-state index < -0.39 is 0 Å². The lowest BCUT2D eigenvalue weighted by Gasteiger charge is -2.07. The molecule has 8 heteroatoms. The molecule has 7 nitrogen and oxygen atoms in total. The third kappa shape index (κ3) is 4.42. The second-order valence-electron chi connectivity index (χ2n) is 5.28. The average molecular weight is 402 g/mol. The van der Waals surface area contributed by atoms with E-state index >= 15 is 0 Å². The fourth-order valence-electron chi connectivity index (χ4n) is 2.27. The van der Waals surface area contributed by atoms with Crippen LogP contribution in [-0.4, -0.2) is 33.2 Å². The molecule has 0 spiro atoms. The molecule has 0 aliphatic heterocycles. The highest BCUT2D eigenvalue weighted by atomic mass is 79.9. The number of hydrogen-bond donors (Lipinski definition) is 1. The van der Waals surface area contributed by atoms with Crippen molar-refractivity contribution in [1.82, 2.24) is 25.5 Å². The molecule has 3 rings (SSSR count). The maximum atomic E-state index is 12.1. The first-order chi connectivity index (χ1) is 12.2. The number of carbonyl (C=O) groups is 1. The van der Waals surface area contributed by atoms with Crippen LogP contribution in [0.2, 0.25) is 0 Å². The van der Waals surface area contributed by atoms with Crippen molar-refractivity contribution in [1.29, 1.82) is 0 Å². The second-order valence-corrected chi connectivity index (χ2v) is 6.20. The maximum absolute atomic E-state index is 12.1. The summed E-state index contributed by atoms with van der Waals surface area (Å²) in [7, 11) is 1.61. The molecular weight excluding hydrogens is 386 g/mol. The van der Waals surface area contributed by atoms with E-state index in [4.69, 9.17) is 4.74 Å². The zero-order valence-electron chi connectivity index (χ0n) is 13.5. The minimum Gasteiger partial charge on any atom is -0.497 e. The van der Waals surface area contributed by atoms with E-state index in [9.17, 15) is 4.79 Å². The SMILES string of the molecule is COc1ccc(CC(=O)NCc2nnnn2-c2ccc(Br)cc2)cc1. The maximum Gasteiger partial charge on any atom is 0.224 e. The third-order valence-corrected chi connectivity index (χ3v) is 4.10. The number of nitrogens with one attached hydrogen (secondary N) is 1. The highest BCUT2D eigenvalue weighted by molar-refractivity contribution is 9.10. The Morgan fingerprint density at radius 2 is 1.88 bits per heavy atom. The van der Waals surface area contributed by atoms with Crippen molar-refractivity contribution >= 4 is 21.8 Å². The Bertz CT molecular complexity index is 846. The van der Waals surface area contributed by atoms with Crippen LogP contribution in [0, 0.1) is 0 Å². The van der Waals surface area contributed by atoms with Crippen molar-refractivity contribution in [3.63, 3.8) is 0 Å². The quantitative estimate of drug-likeness (QED) is 0.684. The number of hydrogen-bond acceptors (Lipinski definition) is 5. The number of methoxy groups -OCH3 is 1. The van der Waals surface area contributed by atoms with E-state index in [1.807, 2.05) is 48.5 Å². The molecule has 0 radical (unpaired) electrons. The fourth-order valence-corrected chi connectivity index (χ4v) is 2.53. The van der Waals surface area contributed by atoms with Gasteiger partial charge < -0.3 is 10.1 Å². The first kappa shape index (κ1) is 17.1. The third-order valence-electron chi connectivity index (χ3n) is 3.57. The van der Waals surface area contributed by atoms with Gasteiger partial charge in [-0.15, -0.1) is 5.10 Å². The van der Waals surface area contributed by atoms with Crippen LogP contribution in [-0.2, 0) is 17.8 Å². The van der Waals surface area contributed by atoms with E-state index in [0.717, 1.165) is 21.5 Å². The summed E-state index contributed by atoms with van der Waals surface area (Å²) in [6, 6.07) is 15.0. The Morgan fingerprint density at radius 1 is 1.16 bits per heavy atom. The number of tetrazole rings is 1. The van der Waals surface area contributed by atoms with Crippen LogP contribution in [0.5, 0.6) is 5.75 Å². The van der Waals surface area contributed by atoms with Crippen LogP contribution in [0.25, 0.3) is 5.69 Å². The fraction of sp³-hybridized carbons (Fsp3) is 0.176. The number of carbonyl (C=O) groups excluding carboxylic acids is 1. The topological polar surface area (TPSA) is 81.9 Å². The summed E-state index contributed by atoms with van der Waals surface area (Å²) in [6.45, 7) is 0.248. The average Bonchev–Trinajstić information content (AvgIpc) is 3.10. The molecule has 0 aliphatic rings. The molecular formula is C17H16BrN5O2. The van der Waals surface area contributed by atoms with Gasteiger partial charge >= 0.3 is 0 Å². The van der Waals surface area contributed by atoms with Crippen LogP contribution in [0.1, 0.15) is 11.4 Å². The monoisotopic (exact) mass is 401 g/mol. The Morgan fingerprint density at radius 3 is 2.56 bits per heavy atom. The summed E-state index contributed by atoms with van der Waals surface area (Å²) in [5, 5.41) is 14.5. The van der Waals surface area contributed by atoms with Crippen molar-refractivity contribution in [3.8, 4) is 11.4 Å². The van der Waals surface area contributed by atoms with Crippen LogP contribution in [0.4, 0.5) is 0 Å². The Hall–Kier alpha value is -2.74. The standard InChI is InChI=1S/C17H16BrN5O2/c1-25-15-8-2-12(3-9-15)10-17(24)19-11-16-20-21-22-23(16)14-6-4-13(18)5-7-14/h2-9H,10-11H2,1H3,(H,19,24). The molecule has 3 aromatic rings. The number of aromatic nitrogens is 4. The molecule has 1 aromatic heterocycles. The molecule has 25 heavy (non-hydrogen) atoms. The van der Waals surface area contributed by atoms with E-state index in [1.54, 1.807) is 11.8 Å². The zero-order chi connectivity index (χ0) is 17.6. The van der Waals surface area contributed by atoms with Crippen LogP contribution < -0.4 is 10.1 Å². The molecule has 0 saturated carbocycles. The van der Waals surface area contributed by atoms with Gasteiger partial charge in [0, 0.05) is 4.47 Å². The molecule has 2 aromatic carbocycles. The molecule has 0 aliphatic carbocycles. The zero-order valence-corrected chi connectivity index (χ0v) is 15.1. The van der Waals surface area contributed by atoms with Gasteiger partial charge in [-0.1, -0.05) is 28.1 Å². The van der Waals surface area contributed by atoms with Gasteiger partial charge in [0.1, 0.15) is 5.75 Å². The second kappa shape index (κ2) is 7.89. The van der Waals surface area contributed by atoms with Gasteiger partial charge in [0.05, 0.1) is 25.8 Å². The molecule has 0 bridgehead atoms. The van der Waals surface area contributed by atoms with Gasteiger partial charge in [-0.05, 0) is 52.4 Å². The van der Waals surface area contributed by atoms with Crippen molar-refractivity contribution in [2.45, 2.75) is 13.0 Å². The summed E-state index contributed by atoms with van der Waals surface area (Å²) in [5.41, 5.74) is 1.73. The lowest BCUT2D eigenvalue weighted by molar-refractivity contribution is -0.120. The highest BCUT2D eigenvalue weighted by Gasteiger charge is 2.10. The van der Waals surface area contributed by atoms with Gasteiger partial charge in [-0.2, -0.15) is 4.68 Å². The number of ether oxygens (including phenoxy) is 1. The van der Waals surface area contributed by atoms with Crippen molar-refractivity contribution in [2.24, 2.45) is 0 Å². The van der Waals surface area contributed by atoms with Gasteiger partial charge in [-0.3, -0.25) is 4.79 Å².